The van der Waals surface area contributed by atoms with Gasteiger partial charge in [0.25, 0.3) is 0 Å². The number of esters is 1. The van der Waals surface area contributed by atoms with Crippen molar-refractivity contribution >= 4 is 21.9 Å². The molecule has 104 valence electrons. The molecule has 6 heteroatoms. The van der Waals surface area contributed by atoms with Gasteiger partial charge in [-0.3, -0.25) is 0 Å². The van der Waals surface area contributed by atoms with Crippen molar-refractivity contribution in [1.29, 1.82) is 0 Å². The van der Waals surface area contributed by atoms with Crippen LogP contribution in [0.3, 0.4) is 0 Å². The van der Waals surface area contributed by atoms with Crippen LogP contribution in [0, 0.1) is 11.6 Å². The van der Waals surface area contributed by atoms with E-state index in [1.165, 1.54) is 13.2 Å². The molecular formula is C13H13BrF2O3. The zero-order valence-electron chi connectivity index (χ0n) is 10.5. The molecule has 0 unspecified atom stereocenters. The molecule has 0 heterocycles. The van der Waals surface area contributed by atoms with Gasteiger partial charge >= 0.3 is 5.97 Å². The molecule has 0 aliphatic rings. The Morgan fingerprint density at radius 1 is 1.42 bits per heavy atom. The third kappa shape index (κ3) is 4.31. The second-order valence-electron chi connectivity index (χ2n) is 3.58. The van der Waals surface area contributed by atoms with Crippen molar-refractivity contribution in [3.63, 3.8) is 0 Å². The number of hydrogen-bond acceptors (Lipinski definition) is 3. The fraction of sp³-hybridized carbons (Fsp3) is 0.308. The van der Waals surface area contributed by atoms with Crippen LogP contribution in [0.2, 0.25) is 0 Å². The molecule has 0 aliphatic heterocycles. The van der Waals surface area contributed by atoms with Crippen molar-refractivity contribution in [3.8, 4) is 5.75 Å². The predicted molar refractivity (Wildman–Crippen MR) is 69.9 cm³/mol. The molecular weight excluding hydrogens is 322 g/mol. The highest BCUT2D eigenvalue weighted by molar-refractivity contribution is 9.10. The first kappa shape index (κ1) is 15.6. The van der Waals surface area contributed by atoms with Crippen molar-refractivity contribution in [2.75, 3.05) is 13.7 Å². The molecule has 3 nitrogen and oxygen atoms in total. The largest absolute Gasteiger partial charge is 0.485 e. The van der Waals surface area contributed by atoms with Crippen LogP contribution in [0.25, 0.3) is 0 Å². The highest BCUT2D eigenvalue weighted by Crippen LogP contribution is 2.29. The van der Waals surface area contributed by atoms with Crippen LogP contribution in [-0.2, 0) is 9.53 Å². The number of ether oxygens (including phenoxy) is 2. The highest BCUT2D eigenvalue weighted by atomic mass is 79.9. The van der Waals surface area contributed by atoms with E-state index in [4.69, 9.17) is 4.74 Å². The topological polar surface area (TPSA) is 35.5 Å². The van der Waals surface area contributed by atoms with E-state index < -0.39 is 17.6 Å². The fourth-order valence-corrected chi connectivity index (χ4v) is 1.92. The van der Waals surface area contributed by atoms with E-state index >= 15 is 0 Å². The zero-order chi connectivity index (χ0) is 14.4. The zero-order valence-corrected chi connectivity index (χ0v) is 12.1. The number of halogens is 3. The molecule has 0 spiro atoms. The van der Waals surface area contributed by atoms with Crippen LogP contribution in [-0.4, -0.2) is 19.7 Å². The number of benzene rings is 1. The average Bonchev–Trinajstić information content (AvgIpc) is 2.36. The predicted octanol–water partition coefficient (Wildman–Crippen LogP) is 3.62. The number of carbonyl (C=O) groups is 1. The maximum absolute atomic E-state index is 13.4. The first-order chi connectivity index (χ1) is 8.99. The first-order valence-corrected chi connectivity index (χ1v) is 6.33. The minimum atomic E-state index is -0.809. The Labute approximate surface area is 118 Å². The summed E-state index contributed by atoms with van der Waals surface area (Å²) in [6.45, 7) is 1.77. The van der Waals surface area contributed by atoms with Crippen molar-refractivity contribution in [1.82, 2.24) is 0 Å². The summed E-state index contributed by atoms with van der Waals surface area (Å²) in [4.78, 5) is 11.3. The van der Waals surface area contributed by atoms with Crippen molar-refractivity contribution in [3.05, 3.63) is 39.9 Å². The Bertz CT molecular complexity index is 478. The molecule has 0 atom stereocenters. The van der Waals surface area contributed by atoms with Gasteiger partial charge in [-0.25, -0.2) is 13.6 Å². The van der Waals surface area contributed by atoms with E-state index in [9.17, 15) is 13.6 Å². The van der Waals surface area contributed by atoms with Crippen molar-refractivity contribution in [2.24, 2.45) is 0 Å². The quantitative estimate of drug-likeness (QED) is 0.609. The van der Waals surface area contributed by atoms with Gasteiger partial charge in [-0.05, 0) is 34.5 Å². The molecule has 0 aromatic heterocycles. The third-order valence-electron chi connectivity index (χ3n) is 2.35. The molecule has 19 heavy (non-hydrogen) atoms. The lowest BCUT2D eigenvalue weighted by atomic mass is 10.2. The maximum Gasteiger partial charge on any atom is 0.333 e. The van der Waals surface area contributed by atoms with E-state index in [-0.39, 0.29) is 16.8 Å². The van der Waals surface area contributed by atoms with Crippen molar-refractivity contribution in [2.45, 2.75) is 13.3 Å². The molecule has 0 saturated carbocycles. The third-order valence-corrected chi connectivity index (χ3v) is 2.94. The van der Waals surface area contributed by atoms with Crippen LogP contribution in [0.4, 0.5) is 8.78 Å². The average molecular weight is 335 g/mol. The van der Waals surface area contributed by atoms with Crippen LogP contribution >= 0.6 is 15.9 Å². The lowest BCUT2D eigenvalue weighted by molar-refractivity contribution is -0.136. The molecule has 0 N–H and O–H groups in total. The smallest absolute Gasteiger partial charge is 0.333 e. The summed E-state index contributed by atoms with van der Waals surface area (Å²) in [5.41, 5.74) is 0.432. The fourth-order valence-electron chi connectivity index (χ4n) is 1.40. The lowest BCUT2D eigenvalue weighted by Gasteiger charge is -2.08. The van der Waals surface area contributed by atoms with Gasteiger partial charge in [-0.1, -0.05) is 6.92 Å². The van der Waals surface area contributed by atoms with Crippen LogP contribution < -0.4 is 4.74 Å². The second kappa shape index (κ2) is 7.23. The molecule has 1 rings (SSSR count). The van der Waals surface area contributed by atoms with E-state index in [2.05, 4.69) is 20.7 Å². The molecule has 0 radical (unpaired) electrons. The summed E-state index contributed by atoms with van der Waals surface area (Å²) in [6.07, 6.45) is 1.98. The van der Waals surface area contributed by atoms with Gasteiger partial charge in [0.2, 0.25) is 0 Å². The Morgan fingerprint density at radius 3 is 2.63 bits per heavy atom. The highest BCUT2D eigenvalue weighted by Gasteiger charge is 2.11. The monoisotopic (exact) mass is 334 g/mol. The van der Waals surface area contributed by atoms with Crippen molar-refractivity contribution < 1.29 is 23.0 Å². The minimum absolute atomic E-state index is 0.0145. The van der Waals surface area contributed by atoms with Gasteiger partial charge in [-0.15, -0.1) is 0 Å². The Balaban J connectivity index is 2.77. The van der Waals surface area contributed by atoms with Crippen LogP contribution in [0.1, 0.15) is 13.3 Å². The van der Waals surface area contributed by atoms with Gasteiger partial charge in [0.05, 0.1) is 11.6 Å². The first-order valence-electron chi connectivity index (χ1n) is 5.54. The second-order valence-corrected chi connectivity index (χ2v) is 4.44. The summed E-state index contributed by atoms with van der Waals surface area (Å²) in [5, 5.41) is 0. The molecule has 0 fully saturated rings. The molecule has 0 aliphatic carbocycles. The number of carbonyl (C=O) groups excluding carboxylic acids is 1. The van der Waals surface area contributed by atoms with E-state index in [0.717, 1.165) is 12.1 Å². The van der Waals surface area contributed by atoms with Crippen LogP contribution in [0.5, 0.6) is 5.75 Å². The SMILES string of the molecule is CCC(=CCOc1c(F)cc(F)cc1Br)C(=O)OC. The molecule has 0 bridgehead atoms. The summed E-state index contributed by atoms with van der Waals surface area (Å²) in [6, 6.07) is 1.83. The molecule has 0 amide bonds. The molecule has 1 aromatic rings. The summed E-state index contributed by atoms with van der Waals surface area (Å²) in [7, 11) is 1.28. The van der Waals surface area contributed by atoms with Gasteiger partial charge in [0.15, 0.2) is 11.6 Å². The van der Waals surface area contributed by atoms with Crippen LogP contribution in [0.15, 0.2) is 28.3 Å². The Morgan fingerprint density at radius 2 is 2.11 bits per heavy atom. The molecule has 0 saturated heterocycles. The summed E-state index contributed by atoms with van der Waals surface area (Å²) < 4.78 is 36.2. The standard InChI is InChI=1S/C13H13BrF2O3/c1-3-8(13(17)18-2)4-5-19-12-10(14)6-9(15)7-11(12)16/h4,6-7H,3,5H2,1-2H3. The number of hydrogen-bond donors (Lipinski definition) is 0. The summed E-state index contributed by atoms with van der Waals surface area (Å²) in [5.74, 6) is -2.06. The van der Waals surface area contributed by atoms with Gasteiger partial charge in [0.1, 0.15) is 12.4 Å². The molecule has 1 aromatic carbocycles. The van der Waals surface area contributed by atoms with Gasteiger partial charge in [0, 0.05) is 11.6 Å². The summed E-state index contributed by atoms with van der Waals surface area (Å²) >= 11 is 3.01. The van der Waals surface area contributed by atoms with E-state index in [1.54, 1.807) is 6.92 Å². The maximum atomic E-state index is 13.4. The lowest BCUT2D eigenvalue weighted by Crippen LogP contribution is -2.06. The number of methoxy groups -OCH3 is 1. The number of rotatable bonds is 5. The normalized spacial score (nSPS) is 11.3. The van der Waals surface area contributed by atoms with E-state index in [1.807, 2.05) is 0 Å². The van der Waals surface area contributed by atoms with E-state index in [0.29, 0.717) is 12.0 Å². The van der Waals surface area contributed by atoms with Gasteiger partial charge < -0.3 is 9.47 Å². The Hall–Kier alpha value is -1.43. The van der Waals surface area contributed by atoms with Gasteiger partial charge in [-0.2, -0.15) is 0 Å². The minimum Gasteiger partial charge on any atom is -0.485 e. The Kier molecular flexibility index (Phi) is 5.95.